The Bertz CT molecular complexity index is 2550. The van der Waals surface area contributed by atoms with Crippen molar-refractivity contribution in [1.82, 2.24) is 0 Å². The lowest BCUT2D eigenvalue weighted by atomic mass is 9.95. The van der Waals surface area contributed by atoms with E-state index in [1.54, 1.807) is 0 Å². The molecule has 0 aliphatic heterocycles. The molecule has 1 aromatic heterocycles. The van der Waals surface area contributed by atoms with Gasteiger partial charge in [-0.15, -0.1) is 0 Å². The van der Waals surface area contributed by atoms with Crippen LogP contribution in [-0.4, -0.2) is 0 Å². The number of rotatable bonds is 6. The molecule has 0 N–H and O–H groups in total. The third-order valence-electron chi connectivity index (χ3n) is 9.23. The van der Waals surface area contributed by atoms with Crippen molar-refractivity contribution in [1.29, 1.82) is 0 Å². The van der Waals surface area contributed by atoms with E-state index in [1.807, 2.05) is 0 Å². The minimum Gasteiger partial charge on any atom is -0.455 e. The molecule has 0 aliphatic carbocycles. The predicted octanol–water partition coefficient (Wildman–Crippen LogP) is 13.2. The number of anilines is 3. The molecule has 2 heteroatoms. The SMILES string of the molecule is c1ccc(-c2cccc(-c3cccc(N(c4ccccc4)c4cccc5oc6c7ccccc7c(-c7ccccc7)cc6c45)c3)c2)cc1. The largest absolute Gasteiger partial charge is 0.455 e. The average Bonchev–Trinajstić information content (AvgIpc) is 3.56. The van der Waals surface area contributed by atoms with Crippen LogP contribution < -0.4 is 4.90 Å². The molecule has 8 aromatic carbocycles. The maximum atomic E-state index is 6.74. The molecule has 0 saturated heterocycles. The molecular formula is C46H31NO. The Hall–Kier alpha value is -6.38. The van der Waals surface area contributed by atoms with E-state index < -0.39 is 0 Å². The fourth-order valence-electron chi connectivity index (χ4n) is 7.01. The van der Waals surface area contributed by atoms with Crippen LogP contribution in [0.5, 0.6) is 0 Å². The summed E-state index contributed by atoms with van der Waals surface area (Å²) in [6.45, 7) is 0. The van der Waals surface area contributed by atoms with E-state index >= 15 is 0 Å². The fraction of sp³-hybridized carbons (Fsp3) is 0. The average molecular weight is 614 g/mol. The van der Waals surface area contributed by atoms with E-state index in [2.05, 4.69) is 193 Å². The summed E-state index contributed by atoms with van der Waals surface area (Å²) in [7, 11) is 0. The Balaban J connectivity index is 1.27. The minimum absolute atomic E-state index is 0.866. The molecule has 9 aromatic rings. The van der Waals surface area contributed by atoms with Gasteiger partial charge in [0.2, 0.25) is 0 Å². The zero-order chi connectivity index (χ0) is 31.9. The van der Waals surface area contributed by atoms with E-state index in [-0.39, 0.29) is 0 Å². The molecule has 0 amide bonds. The zero-order valence-electron chi connectivity index (χ0n) is 26.3. The molecule has 9 rings (SSSR count). The van der Waals surface area contributed by atoms with Gasteiger partial charge in [-0.2, -0.15) is 0 Å². The van der Waals surface area contributed by atoms with E-state index in [1.165, 1.54) is 33.2 Å². The monoisotopic (exact) mass is 613 g/mol. The van der Waals surface area contributed by atoms with Crippen LogP contribution in [0.1, 0.15) is 0 Å². The van der Waals surface area contributed by atoms with Gasteiger partial charge >= 0.3 is 0 Å². The molecule has 0 aliphatic rings. The number of furan rings is 1. The molecule has 0 spiro atoms. The normalized spacial score (nSPS) is 11.3. The zero-order valence-corrected chi connectivity index (χ0v) is 26.3. The summed E-state index contributed by atoms with van der Waals surface area (Å²) in [6.07, 6.45) is 0. The second-order valence-corrected chi connectivity index (χ2v) is 12.1. The first kappa shape index (κ1) is 27.9. The van der Waals surface area contributed by atoms with Crippen LogP contribution in [0.15, 0.2) is 192 Å². The van der Waals surface area contributed by atoms with Gasteiger partial charge in [-0.25, -0.2) is 0 Å². The number of fused-ring (bicyclic) bond motifs is 5. The number of benzene rings is 8. The number of para-hydroxylation sites is 1. The highest BCUT2D eigenvalue weighted by Gasteiger charge is 2.22. The van der Waals surface area contributed by atoms with Crippen molar-refractivity contribution in [3.63, 3.8) is 0 Å². The van der Waals surface area contributed by atoms with Gasteiger partial charge < -0.3 is 9.32 Å². The minimum atomic E-state index is 0.866. The number of hydrogen-bond acceptors (Lipinski definition) is 2. The quantitative estimate of drug-likeness (QED) is 0.185. The smallest absolute Gasteiger partial charge is 0.143 e. The summed E-state index contributed by atoms with van der Waals surface area (Å²) in [5.74, 6) is 0. The van der Waals surface area contributed by atoms with Crippen molar-refractivity contribution in [3.05, 3.63) is 188 Å². The molecule has 2 nitrogen and oxygen atoms in total. The van der Waals surface area contributed by atoms with Crippen molar-refractivity contribution in [2.75, 3.05) is 4.90 Å². The molecule has 0 fully saturated rings. The summed E-state index contributed by atoms with van der Waals surface area (Å²) in [6, 6.07) is 66.8. The Morgan fingerprint density at radius 1 is 0.354 bits per heavy atom. The first-order valence-corrected chi connectivity index (χ1v) is 16.4. The Kier molecular flexibility index (Phi) is 6.84. The van der Waals surface area contributed by atoms with Gasteiger partial charge in [0.25, 0.3) is 0 Å². The second-order valence-electron chi connectivity index (χ2n) is 12.1. The van der Waals surface area contributed by atoms with E-state index in [9.17, 15) is 0 Å². The van der Waals surface area contributed by atoms with Crippen molar-refractivity contribution in [3.8, 4) is 33.4 Å². The first-order valence-electron chi connectivity index (χ1n) is 16.4. The van der Waals surface area contributed by atoms with Gasteiger partial charge in [-0.05, 0) is 87.3 Å². The maximum absolute atomic E-state index is 6.74. The lowest BCUT2D eigenvalue weighted by Crippen LogP contribution is -2.10. The highest BCUT2D eigenvalue weighted by atomic mass is 16.3. The molecule has 1 heterocycles. The van der Waals surface area contributed by atoms with E-state index in [4.69, 9.17) is 4.42 Å². The molecule has 226 valence electrons. The lowest BCUT2D eigenvalue weighted by molar-refractivity contribution is 0.672. The second kappa shape index (κ2) is 11.8. The van der Waals surface area contributed by atoms with Gasteiger partial charge in [0.05, 0.1) is 11.1 Å². The van der Waals surface area contributed by atoms with Gasteiger partial charge in [0.15, 0.2) is 0 Å². The van der Waals surface area contributed by atoms with Crippen molar-refractivity contribution in [2.45, 2.75) is 0 Å². The molecule has 0 saturated carbocycles. The van der Waals surface area contributed by atoms with Crippen LogP contribution in [0.3, 0.4) is 0 Å². The standard InChI is InChI=1S/C46H31NO/c1-4-15-32(16-5-1)34-19-12-20-35(29-34)36-21-13-24-38(30-36)47(37-22-8-3-9-23-37)43-27-14-28-44-45(43)42-31-41(33-17-6-2-7-18-33)39-25-10-11-26-40(39)46(42)48-44/h1-31H. The highest BCUT2D eigenvalue weighted by molar-refractivity contribution is 6.22. The lowest BCUT2D eigenvalue weighted by Gasteiger charge is -2.26. The third kappa shape index (κ3) is 4.83. The Labute approximate surface area is 279 Å². The molecule has 0 unspecified atom stereocenters. The highest BCUT2D eigenvalue weighted by Crippen LogP contribution is 2.46. The topological polar surface area (TPSA) is 16.4 Å². The predicted molar refractivity (Wildman–Crippen MR) is 202 cm³/mol. The van der Waals surface area contributed by atoms with Gasteiger partial charge in [-0.3, -0.25) is 0 Å². The van der Waals surface area contributed by atoms with Crippen LogP contribution in [-0.2, 0) is 0 Å². The van der Waals surface area contributed by atoms with Gasteiger partial charge in [-0.1, -0.05) is 140 Å². The molecule has 0 bridgehead atoms. The molecular weight excluding hydrogens is 583 g/mol. The van der Waals surface area contributed by atoms with E-state index in [0.29, 0.717) is 0 Å². The van der Waals surface area contributed by atoms with Crippen LogP contribution in [0, 0.1) is 0 Å². The Morgan fingerprint density at radius 3 is 1.65 bits per heavy atom. The van der Waals surface area contributed by atoms with Crippen molar-refractivity contribution in [2.24, 2.45) is 0 Å². The van der Waals surface area contributed by atoms with Crippen LogP contribution in [0.2, 0.25) is 0 Å². The summed E-state index contributed by atoms with van der Waals surface area (Å²) >= 11 is 0. The summed E-state index contributed by atoms with van der Waals surface area (Å²) < 4.78 is 6.74. The summed E-state index contributed by atoms with van der Waals surface area (Å²) in [4.78, 5) is 2.36. The number of nitrogens with zero attached hydrogens (tertiary/aromatic N) is 1. The van der Waals surface area contributed by atoms with Gasteiger partial charge in [0.1, 0.15) is 11.2 Å². The fourth-order valence-corrected chi connectivity index (χ4v) is 7.01. The molecule has 48 heavy (non-hydrogen) atoms. The van der Waals surface area contributed by atoms with Crippen LogP contribution in [0.25, 0.3) is 66.1 Å². The first-order chi connectivity index (χ1) is 23.8. The number of hydrogen-bond donors (Lipinski definition) is 0. The Morgan fingerprint density at radius 2 is 0.896 bits per heavy atom. The molecule has 0 radical (unpaired) electrons. The van der Waals surface area contributed by atoms with Crippen molar-refractivity contribution < 1.29 is 4.42 Å². The van der Waals surface area contributed by atoms with Gasteiger partial charge in [0, 0.05) is 22.1 Å². The summed E-state index contributed by atoms with van der Waals surface area (Å²) in [5, 5.41) is 4.49. The molecule has 0 atom stereocenters. The third-order valence-corrected chi connectivity index (χ3v) is 9.23. The van der Waals surface area contributed by atoms with Crippen molar-refractivity contribution >= 4 is 49.8 Å². The van der Waals surface area contributed by atoms with Crippen LogP contribution >= 0.6 is 0 Å². The van der Waals surface area contributed by atoms with Crippen LogP contribution in [0.4, 0.5) is 17.1 Å². The summed E-state index contributed by atoms with van der Waals surface area (Å²) in [5.41, 5.74) is 12.1. The van der Waals surface area contributed by atoms with E-state index in [0.717, 1.165) is 50.0 Å². The maximum Gasteiger partial charge on any atom is 0.143 e.